The molecule has 1 amide bonds. The van der Waals surface area contributed by atoms with Crippen LogP contribution >= 0.6 is 0 Å². The summed E-state index contributed by atoms with van der Waals surface area (Å²) in [6.07, 6.45) is 0.185. The summed E-state index contributed by atoms with van der Waals surface area (Å²) in [5, 5.41) is 11.9. The highest BCUT2D eigenvalue weighted by Crippen LogP contribution is 2.14. The molecule has 7 nitrogen and oxygen atoms in total. The lowest BCUT2D eigenvalue weighted by Gasteiger charge is -2.16. The summed E-state index contributed by atoms with van der Waals surface area (Å²) in [4.78, 5) is 36.4. The molecule has 0 saturated carbocycles. The molecule has 0 saturated heterocycles. The number of Topliss-reactive ketones (excluding diaryl/α,β-unsaturated/α-hetero) is 1. The molecule has 0 fully saturated rings. The van der Waals surface area contributed by atoms with E-state index in [0.717, 1.165) is 5.56 Å². The van der Waals surface area contributed by atoms with Crippen molar-refractivity contribution in [1.82, 2.24) is 5.32 Å². The molecule has 2 aromatic rings. The van der Waals surface area contributed by atoms with Crippen molar-refractivity contribution in [3.05, 3.63) is 59.7 Å². The molecule has 0 spiro atoms. The number of hydrogen-bond acceptors (Lipinski definition) is 6. The zero-order chi connectivity index (χ0) is 20.5. The fourth-order valence-corrected chi connectivity index (χ4v) is 2.62. The molecule has 2 N–H and O–H groups in total. The maximum absolute atomic E-state index is 12.2. The van der Waals surface area contributed by atoms with Gasteiger partial charge in [0.2, 0.25) is 5.91 Å². The van der Waals surface area contributed by atoms with Gasteiger partial charge in [0, 0.05) is 24.8 Å². The molecule has 28 heavy (non-hydrogen) atoms. The third-order valence-electron chi connectivity index (χ3n) is 4.19. The molecular weight excluding hydrogens is 362 g/mol. The van der Waals surface area contributed by atoms with Gasteiger partial charge in [0.05, 0.1) is 14.2 Å². The van der Waals surface area contributed by atoms with E-state index in [0.29, 0.717) is 11.3 Å². The second-order valence-electron chi connectivity index (χ2n) is 6.17. The van der Waals surface area contributed by atoms with E-state index in [1.807, 2.05) is 0 Å². The topological polar surface area (TPSA) is 102 Å². The van der Waals surface area contributed by atoms with Crippen LogP contribution in [0.3, 0.4) is 0 Å². The van der Waals surface area contributed by atoms with E-state index in [1.54, 1.807) is 36.4 Å². The lowest BCUT2D eigenvalue weighted by atomic mass is 10.0. The molecule has 1 atom stereocenters. The van der Waals surface area contributed by atoms with E-state index in [1.165, 1.54) is 26.4 Å². The van der Waals surface area contributed by atoms with E-state index in [4.69, 9.17) is 9.47 Å². The second-order valence-corrected chi connectivity index (χ2v) is 6.17. The molecule has 2 rings (SSSR count). The number of carbonyl (C=O) groups is 3. The Morgan fingerprint density at radius 2 is 1.61 bits per heavy atom. The van der Waals surface area contributed by atoms with Crippen LogP contribution in [0.15, 0.2) is 48.5 Å². The van der Waals surface area contributed by atoms with Gasteiger partial charge >= 0.3 is 5.97 Å². The molecule has 0 bridgehead atoms. The lowest BCUT2D eigenvalue weighted by Crippen LogP contribution is -2.43. The summed E-state index contributed by atoms with van der Waals surface area (Å²) in [5.74, 6) is -0.422. The third kappa shape index (κ3) is 6.12. The number of aromatic hydroxyl groups is 1. The Morgan fingerprint density at radius 3 is 2.18 bits per heavy atom. The van der Waals surface area contributed by atoms with Gasteiger partial charge in [-0.15, -0.1) is 0 Å². The van der Waals surface area contributed by atoms with Crippen LogP contribution in [0.25, 0.3) is 0 Å². The van der Waals surface area contributed by atoms with Gasteiger partial charge in [-0.2, -0.15) is 0 Å². The molecule has 0 aliphatic heterocycles. The smallest absolute Gasteiger partial charge is 0.328 e. The number of ether oxygens (including phenoxy) is 2. The normalized spacial score (nSPS) is 11.4. The summed E-state index contributed by atoms with van der Waals surface area (Å²) in [6, 6.07) is 12.1. The Morgan fingerprint density at radius 1 is 0.964 bits per heavy atom. The molecule has 0 aliphatic carbocycles. The van der Waals surface area contributed by atoms with Gasteiger partial charge in [-0.1, -0.05) is 12.1 Å². The van der Waals surface area contributed by atoms with Crippen molar-refractivity contribution in [3.63, 3.8) is 0 Å². The van der Waals surface area contributed by atoms with Crippen molar-refractivity contribution in [1.29, 1.82) is 0 Å². The molecule has 2 aromatic carbocycles. The molecule has 148 valence electrons. The first kappa shape index (κ1) is 21.0. The highest BCUT2D eigenvalue weighted by molar-refractivity contribution is 5.98. The number of esters is 1. The molecule has 0 aromatic heterocycles. The average Bonchev–Trinajstić information content (AvgIpc) is 2.72. The maximum atomic E-state index is 12.2. The van der Waals surface area contributed by atoms with Gasteiger partial charge in [0.15, 0.2) is 5.78 Å². The zero-order valence-electron chi connectivity index (χ0n) is 15.8. The van der Waals surface area contributed by atoms with Crippen molar-refractivity contribution in [3.8, 4) is 11.5 Å². The number of carbonyl (C=O) groups excluding carboxylic acids is 3. The zero-order valence-corrected chi connectivity index (χ0v) is 15.8. The quantitative estimate of drug-likeness (QED) is 0.507. The van der Waals surface area contributed by atoms with Crippen molar-refractivity contribution in [2.75, 3.05) is 14.2 Å². The van der Waals surface area contributed by atoms with E-state index < -0.39 is 17.9 Å². The summed E-state index contributed by atoms with van der Waals surface area (Å²) in [6.45, 7) is 0. The van der Waals surface area contributed by atoms with E-state index in [9.17, 15) is 19.5 Å². The number of methoxy groups -OCH3 is 2. The Hall–Kier alpha value is -3.35. The Labute approximate surface area is 163 Å². The standard InChI is InChI=1S/C21H23NO6/c1-27-17-9-5-15(6-10-17)19(24)11-12-20(25)22-18(21(26)28-2)13-14-3-7-16(23)8-4-14/h3-10,18,23H,11-13H2,1-2H3,(H,22,25). The van der Waals surface area contributed by atoms with Gasteiger partial charge < -0.3 is 19.9 Å². The van der Waals surface area contributed by atoms with Crippen LogP contribution in [0.1, 0.15) is 28.8 Å². The van der Waals surface area contributed by atoms with Crippen LogP contribution in [0, 0.1) is 0 Å². The Balaban J connectivity index is 1.92. The number of benzene rings is 2. The number of phenolic OH excluding ortho intramolecular Hbond substituents is 1. The fourth-order valence-electron chi connectivity index (χ4n) is 2.62. The van der Waals surface area contributed by atoms with Crippen LogP contribution in [0.4, 0.5) is 0 Å². The predicted octanol–water partition coefficient (Wildman–Crippen LogP) is 2.26. The van der Waals surface area contributed by atoms with Crippen molar-refractivity contribution in [2.45, 2.75) is 25.3 Å². The highest BCUT2D eigenvalue weighted by Gasteiger charge is 2.22. The number of phenols is 1. The number of rotatable bonds is 9. The van der Waals surface area contributed by atoms with Gasteiger partial charge in [-0.3, -0.25) is 9.59 Å². The van der Waals surface area contributed by atoms with Crippen LogP contribution in [-0.4, -0.2) is 43.0 Å². The minimum Gasteiger partial charge on any atom is -0.508 e. The van der Waals surface area contributed by atoms with Crippen LogP contribution < -0.4 is 10.1 Å². The first-order valence-electron chi connectivity index (χ1n) is 8.75. The molecule has 7 heteroatoms. The van der Waals surface area contributed by atoms with E-state index >= 15 is 0 Å². The Bertz CT molecular complexity index is 814. The van der Waals surface area contributed by atoms with Gasteiger partial charge in [-0.05, 0) is 42.0 Å². The molecule has 0 radical (unpaired) electrons. The van der Waals surface area contributed by atoms with Gasteiger partial charge in [-0.25, -0.2) is 4.79 Å². The number of amides is 1. The largest absolute Gasteiger partial charge is 0.508 e. The minimum absolute atomic E-state index is 0.0191. The number of hydrogen-bond donors (Lipinski definition) is 2. The maximum Gasteiger partial charge on any atom is 0.328 e. The summed E-state index contributed by atoms with van der Waals surface area (Å²) >= 11 is 0. The van der Waals surface area contributed by atoms with Crippen LogP contribution in [0.5, 0.6) is 11.5 Å². The first-order chi connectivity index (χ1) is 13.4. The van der Waals surface area contributed by atoms with Gasteiger partial charge in [0.1, 0.15) is 17.5 Å². The van der Waals surface area contributed by atoms with E-state index in [-0.39, 0.29) is 30.8 Å². The van der Waals surface area contributed by atoms with Crippen molar-refractivity contribution >= 4 is 17.7 Å². The average molecular weight is 385 g/mol. The molecule has 0 heterocycles. The van der Waals surface area contributed by atoms with Crippen LogP contribution in [-0.2, 0) is 20.7 Å². The van der Waals surface area contributed by atoms with Crippen molar-refractivity contribution in [2.24, 2.45) is 0 Å². The first-order valence-corrected chi connectivity index (χ1v) is 8.75. The second kappa shape index (κ2) is 10.1. The summed E-state index contributed by atoms with van der Waals surface area (Å²) in [7, 11) is 2.78. The molecular formula is C21H23NO6. The third-order valence-corrected chi connectivity index (χ3v) is 4.19. The summed E-state index contributed by atoms with van der Waals surface area (Å²) < 4.78 is 9.79. The Kier molecular flexibility index (Phi) is 7.56. The van der Waals surface area contributed by atoms with Crippen molar-refractivity contribution < 1.29 is 29.0 Å². The fraction of sp³-hybridized carbons (Fsp3) is 0.286. The van der Waals surface area contributed by atoms with E-state index in [2.05, 4.69) is 5.32 Å². The molecule has 0 aliphatic rings. The van der Waals surface area contributed by atoms with Gasteiger partial charge in [0.25, 0.3) is 0 Å². The minimum atomic E-state index is -0.877. The lowest BCUT2D eigenvalue weighted by molar-refractivity contribution is -0.145. The summed E-state index contributed by atoms with van der Waals surface area (Å²) in [5.41, 5.74) is 1.24. The van der Waals surface area contributed by atoms with Crippen LogP contribution in [0.2, 0.25) is 0 Å². The monoisotopic (exact) mass is 385 g/mol. The SMILES string of the molecule is COC(=O)C(Cc1ccc(O)cc1)NC(=O)CCC(=O)c1ccc(OC)cc1. The number of ketones is 1. The molecule has 1 unspecified atom stereocenters. The highest BCUT2D eigenvalue weighted by atomic mass is 16.5. The number of nitrogens with one attached hydrogen (secondary N) is 1. The predicted molar refractivity (Wildman–Crippen MR) is 102 cm³/mol.